The predicted molar refractivity (Wildman–Crippen MR) is 129 cm³/mol. The lowest BCUT2D eigenvalue weighted by atomic mass is 9.78. The Morgan fingerprint density at radius 3 is 2.32 bits per heavy atom. The predicted octanol–water partition coefficient (Wildman–Crippen LogP) is 5.01. The van der Waals surface area contributed by atoms with Crippen molar-refractivity contribution < 1.29 is 9.59 Å². The number of hydrogen-bond acceptors (Lipinski definition) is 4. The summed E-state index contributed by atoms with van der Waals surface area (Å²) in [7, 11) is 0. The van der Waals surface area contributed by atoms with Gasteiger partial charge in [0.05, 0.1) is 11.1 Å². The van der Waals surface area contributed by atoms with E-state index >= 15 is 0 Å². The van der Waals surface area contributed by atoms with Gasteiger partial charge in [-0.1, -0.05) is 26.7 Å². The topological polar surface area (TPSA) is 66.6 Å². The Balaban J connectivity index is 0.00000132. The summed E-state index contributed by atoms with van der Waals surface area (Å²) in [6.07, 6.45) is 9.54. The fraction of sp³-hybridized carbons (Fsp3) is 0.760. The second kappa shape index (κ2) is 10.5. The van der Waals surface area contributed by atoms with Crippen LogP contribution in [0.2, 0.25) is 0 Å². The molecule has 2 atom stereocenters. The van der Waals surface area contributed by atoms with Crippen molar-refractivity contribution in [2.75, 3.05) is 19.6 Å². The molecule has 2 N–H and O–H groups in total. The highest BCUT2D eigenvalue weighted by molar-refractivity contribution is 7.10. The van der Waals surface area contributed by atoms with E-state index in [1.54, 1.807) is 11.3 Å². The van der Waals surface area contributed by atoms with Crippen molar-refractivity contribution in [2.45, 2.75) is 96.6 Å². The number of nitrogens with zero attached hydrogens (tertiary/aromatic N) is 2. The van der Waals surface area contributed by atoms with Gasteiger partial charge < -0.3 is 10.6 Å². The molecule has 3 heterocycles. The molecule has 1 aliphatic carbocycles. The Morgan fingerprint density at radius 2 is 1.65 bits per heavy atom. The molecule has 0 spiro atoms. The third kappa shape index (κ3) is 5.16. The molecule has 31 heavy (non-hydrogen) atoms. The van der Waals surface area contributed by atoms with E-state index < -0.39 is 5.54 Å². The van der Waals surface area contributed by atoms with Gasteiger partial charge >= 0.3 is 0 Å². The van der Waals surface area contributed by atoms with Gasteiger partial charge in [0.2, 0.25) is 5.91 Å². The maximum Gasteiger partial charge on any atom is 0.254 e. The maximum absolute atomic E-state index is 13.3. The van der Waals surface area contributed by atoms with Gasteiger partial charge in [-0.2, -0.15) is 0 Å². The van der Waals surface area contributed by atoms with Gasteiger partial charge in [-0.3, -0.25) is 14.5 Å². The highest BCUT2D eigenvalue weighted by Crippen LogP contribution is 2.38. The Kier molecular flexibility index (Phi) is 8.19. The van der Waals surface area contributed by atoms with Crippen LogP contribution in [0.3, 0.4) is 0 Å². The van der Waals surface area contributed by atoms with Gasteiger partial charge in [0.1, 0.15) is 0 Å². The van der Waals surface area contributed by atoms with Gasteiger partial charge in [-0.05, 0) is 83.4 Å². The molecular formula is C25H41N3O2S. The summed E-state index contributed by atoms with van der Waals surface area (Å²) < 4.78 is 0. The summed E-state index contributed by atoms with van der Waals surface area (Å²) in [5.41, 5.74) is 5.87. The van der Waals surface area contributed by atoms with Crippen molar-refractivity contribution in [1.82, 2.24) is 9.80 Å². The van der Waals surface area contributed by atoms with Gasteiger partial charge in [-0.25, -0.2) is 0 Å². The highest BCUT2D eigenvalue weighted by Gasteiger charge is 2.38. The van der Waals surface area contributed by atoms with Crippen molar-refractivity contribution in [2.24, 2.45) is 11.7 Å². The van der Waals surface area contributed by atoms with Crippen LogP contribution in [0, 0.1) is 5.92 Å². The second-order valence-corrected chi connectivity index (χ2v) is 10.6. The van der Waals surface area contributed by atoms with E-state index in [1.165, 1.54) is 37.0 Å². The lowest BCUT2D eigenvalue weighted by Crippen LogP contribution is -2.55. The van der Waals surface area contributed by atoms with Crippen molar-refractivity contribution in [3.8, 4) is 0 Å². The first-order valence-corrected chi connectivity index (χ1v) is 13.2. The minimum absolute atomic E-state index is 0.247. The third-order valence-corrected chi connectivity index (χ3v) is 8.76. The zero-order chi connectivity index (χ0) is 22.6. The number of likely N-dealkylation sites (tertiary alicyclic amines) is 2. The van der Waals surface area contributed by atoms with Crippen LogP contribution in [-0.2, 0) is 4.79 Å². The third-order valence-electron chi connectivity index (χ3n) is 7.66. The molecule has 1 aromatic heterocycles. The van der Waals surface area contributed by atoms with Crippen LogP contribution in [0.15, 0.2) is 11.4 Å². The van der Waals surface area contributed by atoms with Crippen LogP contribution < -0.4 is 5.73 Å². The number of rotatable bonds is 4. The Bertz CT molecular complexity index is 750. The molecule has 1 aromatic rings. The number of carbonyl (C=O) groups is 2. The molecule has 0 radical (unpaired) electrons. The molecule has 6 heteroatoms. The monoisotopic (exact) mass is 447 g/mol. The summed E-state index contributed by atoms with van der Waals surface area (Å²) in [5, 5.41) is 2.07. The molecule has 174 valence electrons. The van der Waals surface area contributed by atoms with E-state index in [2.05, 4.69) is 21.2 Å². The highest BCUT2D eigenvalue weighted by atomic mass is 32.1. The van der Waals surface area contributed by atoms with Crippen molar-refractivity contribution >= 4 is 23.2 Å². The summed E-state index contributed by atoms with van der Waals surface area (Å²) in [4.78, 5) is 30.7. The molecule has 2 saturated heterocycles. The number of thiophene rings is 1. The van der Waals surface area contributed by atoms with E-state index in [9.17, 15) is 9.59 Å². The average Bonchev–Trinajstić information content (AvgIpc) is 3.30. The van der Waals surface area contributed by atoms with E-state index in [0.29, 0.717) is 12.0 Å². The molecule has 4 rings (SSSR count). The number of piperidine rings is 2. The number of primary amides is 1. The lowest BCUT2D eigenvalue weighted by Gasteiger charge is -2.44. The Labute approximate surface area is 192 Å². The second-order valence-electron chi connectivity index (χ2n) is 9.67. The van der Waals surface area contributed by atoms with E-state index in [-0.39, 0.29) is 11.8 Å². The number of nitrogens with two attached hydrogens (primary N) is 1. The SMILES string of the molecule is CC.CC(C)(C(N)=O)N1CCC(c2cc(C(=O)N3CCCC4CCCCC43)cs2)CC1. The van der Waals surface area contributed by atoms with Crippen molar-refractivity contribution in [3.05, 3.63) is 21.9 Å². The molecule has 2 aliphatic heterocycles. The summed E-state index contributed by atoms with van der Waals surface area (Å²) in [5.74, 6) is 1.18. The number of fused-ring (bicyclic) bond motifs is 1. The molecule has 0 bridgehead atoms. The van der Waals surface area contributed by atoms with Gasteiger partial charge in [0, 0.05) is 22.8 Å². The zero-order valence-electron chi connectivity index (χ0n) is 19.9. The fourth-order valence-corrected chi connectivity index (χ4v) is 6.66. The normalized spacial score (nSPS) is 25.4. The van der Waals surface area contributed by atoms with Gasteiger partial charge in [0.25, 0.3) is 5.91 Å². The van der Waals surface area contributed by atoms with Gasteiger partial charge in [0.15, 0.2) is 0 Å². The van der Waals surface area contributed by atoms with Crippen LogP contribution in [0.25, 0.3) is 0 Å². The minimum atomic E-state index is -0.591. The lowest BCUT2D eigenvalue weighted by molar-refractivity contribution is -0.129. The van der Waals surface area contributed by atoms with Crippen LogP contribution in [0.1, 0.15) is 100 Å². The number of hydrogen-bond donors (Lipinski definition) is 1. The first kappa shape index (κ1) is 24.2. The Morgan fingerprint density at radius 1 is 1.00 bits per heavy atom. The summed E-state index contributed by atoms with van der Waals surface area (Å²) in [6.45, 7) is 10.5. The number of amides is 2. The van der Waals surface area contributed by atoms with E-state index in [0.717, 1.165) is 50.4 Å². The van der Waals surface area contributed by atoms with Crippen LogP contribution in [0.5, 0.6) is 0 Å². The minimum Gasteiger partial charge on any atom is -0.368 e. The quantitative estimate of drug-likeness (QED) is 0.705. The first-order chi connectivity index (χ1) is 14.9. The zero-order valence-corrected chi connectivity index (χ0v) is 20.7. The van der Waals surface area contributed by atoms with Crippen LogP contribution in [-0.4, -0.2) is 52.8 Å². The van der Waals surface area contributed by atoms with E-state index in [1.807, 2.05) is 27.7 Å². The molecular weight excluding hydrogens is 406 g/mol. The molecule has 2 unspecified atom stereocenters. The first-order valence-electron chi connectivity index (χ1n) is 12.3. The molecule has 0 aromatic carbocycles. The smallest absolute Gasteiger partial charge is 0.254 e. The summed E-state index contributed by atoms with van der Waals surface area (Å²) in [6, 6.07) is 2.62. The number of carbonyl (C=O) groups excluding carboxylic acids is 2. The molecule has 5 nitrogen and oxygen atoms in total. The molecule has 3 fully saturated rings. The van der Waals surface area contributed by atoms with Crippen molar-refractivity contribution in [3.63, 3.8) is 0 Å². The maximum atomic E-state index is 13.3. The molecule has 2 amide bonds. The van der Waals surface area contributed by atoms with Crippen LogP contribution in [0.4, 0.5) is 0 Å². The molecule has 3 aliphatic rings. The Hall–Kier alpha value is -1.40. The fourth-order valence-electron chi connectivity index (χ4n) is 5.60. The average molecular weight is 448 g/mol. The summed E-state index contributed by atoms with van der Waals surface area (Å²) >= 11 is 1.74. The van der Waals surface area contributed by atoms with Gasteiger partial charge in [-0.15, -0.1) is 11.3 Å². The van der Waals surface area contributed by atoms with Crippen LogP contribution >= 0.6 is 11.3 Å². The largest absolute Gasteiger partial charge is 0.368 e. The molecule has 1 saturated carbocycles. The van der Waals surface area contributed by atoms with E-state index in [4.69, 9.17) is 5.73 Å². The van der Waals surface area contributed by atoms with Crippen molar-refractivity contribution in [1.29, 1.82) is 0 Å². The standard InChI is InChI=1S/C23H35N3O2S.C2H6/c1-23(2,22(24)28)25-12-9-17(10-13-25)20-14-18(15-29-20)21(27)26-11-5-7-16-6-3-4-8-19(16)26;1-2/h14-17,19H,3-13H2,1-2H3,(H2,24,28);1-2H3.